The minimum absolute atomic E-state index is 0.0616. The molecule has 0 spiro atoms. The molecule has 0 aliphatic carbocycles. The molecular formula is C28H30Cl2FN3O4S. The third kappa shape index (κ3) is 7.71. The van der Waals surface area contributed by atoms with Gasteiger partial charge in [-0.2, -0.15) is 0 Å². The highest BCUT2D eigenvalue weighted by Crippen LogP contribution is 2.27. The molecule has 208 valence electrons. The van der Waals surface area contributed by atoms with Gasteiger partial charge in [0.05, 0.1) is 10.6 Å². The molecule has 0 aliphatic rings. The second-order valence-electron chi connectivity index (χ2n) is 9.03. The molecule has 3 rings (SSSR count). The summed E-state index contributed by atoms with van der Waals surface area (Å²) in [6.07, 6.45) is 0.701. The highest BCUT2D eigenvalue weighted by molar-refractivity contribution is 7.92. The van der Waals surface area contributed by atoms with Crippen molar-refractivity contribution in [2.75, 3.05) is 17.4 Å². The van der Waals surface area contributed by atoms with E-state index in [9.17, 15) is 22.4 Å². The second kappa shape index (κ2) is 13.3. The van der Waals surface area contributed by atoms with Crippen LogP contribution in [0.2, 0.25) is 10.0 Å². The van der Waals surface area contributed by atoms with E-state index in [1.165, 1.54) is 11.0 Å². The number of anilines is 1. The first-order valence-electron chi connectivity index (χ1n) is 12.3. The van der Waals surface area contributed by atoms with Gasteiger partial charge >= 0.3 is 0 Å². The third-order valence-corrected chi connectivity index (χ3v) is 8.45. The minimum Gasteiger partial charge on any atom is -0.354 e. The average molecular weight is 595 g/mol. The summed E-state index contributed by atoms with van der Waals surface area (Å²) in [7, 11) is -4.28. The first-order valence-corrected chi connectivity index (χ1v) is 14.5. The molecule has 11 heteroatoms. The number of benzene rings is 3. The van der Waals surface area contributed by atoms with E-state index in [-0.39, 0.29) is 17.1 Å². The molecular weight excluding hydrogens is 564 g/mol. The van der Waals surface area contributed by atoms with E-state index in [4.69, 9.17) is 23.2 Å². The molecule has 3 aromatic carbocycles. The van der Waals surface area contributed by atoms with Crippen LogP contribution in [0.25, 0.3) is 0 Å². The quantitative estimate of drug-likeness (QED) is 0.314. The summed E-state index contributed by atoms with van der Waals surface area (Å²) < 4.78 is 41.9. The predicted molar refractivity (Wildman–Crippen MR) is 152 cm³/mol. The first kappa shape index (κ1) is 30.4. The lowest BCUT2D eigenvalue weighted by molar-refractivity contribution is -0.139. The Morgan fingerprint density at radius 3 is 2.23 bits per heavy atom. The Labute approximate surface area is 238 Å². The number of nitrogens with zero attached hydrogens (tertiary/aromatic N) is 2. The highest BCUT2D eigenvalue weighted by atomic mass is 35.5. The number of hydrogen-bond acceptors (Lipinski definition) is 4. The lowest BCUT2D eigenvalue weighted by atomic mass is 10.1. The average Bonchev–Trinajstić information content (AvgIpc) is 2.90. The Kier molecular flexibility index (Phi) is 10.4. The Balaban J connectivity index is 2.03. The van der Waals surface area contributed by atoms with Crippen molar-refractivity contribution < 1.29 is 22.4 Å². The molecule has 1 N–H and O–H groups in total. The fraction of sp³-hybridized carbons (Fsp3) is 0.286. The number of halogens is 3. The van der Waals surface area contributed by atoms with Crippen LogP contribution in [0.4, 0.5) is 10.1 Å². The number of amides is 2. The number of nitrogens with one attached hydrogen (secondary N) is 1. The molecule has 0 saturated heterocycles. The zero-order valence-corrected chi connectivity index (χ0v) is 24.2. The maximum Gasteiger partial charge on any atom is 0.264 e. The Morgan fingerprint density at radius 2 is 1.64 bits per heavy atom. The van der Waals surface area contributed by atoms with E-state index in [1.54, 1.807) is 43.3 Å². The normalized spacial score (nSPS) is 12.1. The SMILES string of the molecule is CCCNC(=O)C(C)N(Cc1ccc(Cl)cc1Cl)C(=O)CN(c1ccc(C)cc1)S(=O)(=O)c1ccc(F)cc1. The van der Waals surface area contributed by atoms with Gasteiger partial charge in [-0.05, 0) is 74.4 Å². The van der Waals surface area contributed by atoms with Crippen molar-refractivity contribution in [3.05, 3.63) is 93.7 Å². The number of hydrogen-bond donors (Lipinski definition) is 1. The molecule has 0 aromatic heterocycles. The van der Waals surface area contributed by atoms with Crippen LogP contribution in [0.3, 0.4) is 0 Å². The summed E-state index contributed by atoms with van der Waals surface area (Å²) in [4.78, 5) is 27.8. The van der Waals surface area contributed by atoms with Crippen LogP contribution in [0.1, 0.15) is 31.4 Å². The molecule has 0 heterocycles. The van der Waals surface area contributed by atoms with Gasteiger partial charge in [0.25, 0.3) is 10.0 Å². The zero-order chi connectivity index (χ0) is 28.7. The van der Waals surface area contributed by atoms with E-state index in [0.29, 0.717) is 28.6 Å². The monoisotopic (exact) mass is 593 g/mol. The molecule has 0 fully saturated rings. The smallest absolute Gasteiger partial charge is 0.264 e. The summed E-state index contributed by atoms with van der Waals surface area (Å²) in [6, 6.07) is 14.8. The van der Waals surface area contributed by atoms with Crippen LogP contribution >= 0.6 is 23.2 Å². The Hall–Kier alpha value is -3.14. The van der Waals surface area contributed by atoms with Crippen molar-refractivity contribution in [2.45, 2.75) is 44.7 Å². The summed E-state index contributed by atoms with van der Waals surface area (Å²) >= 11 is 12.4. The lowest BCUT2D eigenvalue weighted by Crippen LogP contribution is -2.51. The molecule has 0 bridgehead atoms. The molecule has 2 amide bonds. The van der Waals surface area contributed by atoms with E-state index in [1.807, 2.05) is 13.8 Å². The van der Waals surface area contributed by atoms with Crippen LogP contribution < -0.4 is 9.62 Å². The van der Waals surface area contributed by atoms with E-state index in [2.05, 4.69) is 5.32 Å². The highest BCUT2D eigenvalue weighted by Gasteiger charge is 2.32. The van der Waals surface area contributed by atoms with Gasteiger partial charge in [0.2, 0.25) is 11.8 Å². The third-order valence-electron chi connectivity index (χ3n) is 6.07. The van der Waals surface area contributed by atoms with Crippen LogP contribution in [0, 0.1) is 12.7 Å². The predicted octanol–water partition coefficient (Wildman–Crippen LogP) is 5.58. The fourth-order valence-corrected chi connectivity index (χ4v) is 5.67. The summed E-state index contributed by atoms with van der Waals surface area (Å²) in [6.45, 7) is 5.06. The van der Waals surface area contributed by atoms with Crippen molar-refractivity contribution in [1.29, 1.82) is 0 Å². The summed E-state index contributed by atoms with van der Waals surface area (Å²) in [5, 5.41) is 3.49. The zero-order valence-electron chi connectivity index (χ0n) is 21.8. The van der Waals surface area contributed by atoms with E-state index in [0.717, 1.165) is 34.1 Å². The van der Waals surface area contributed by atoms with Crippen molar-refractivity contribution in [1.82, 2.24) is 10.2 Å². The lowest BCUT2D eigenvalue weighted by Gasteiger charge is -2.32. The van der Waals surface area contributed by atoms with Gasteiger partial charge in [-0.25, -0.2) is 12.8 Å². The Morgan fingerprint density at radius 1 is 1.00 bits per heavy atom. The van der Waals surface area contributed by atoms with E-state index < -0.39 is 40.2 Å². The van der Waals surface area contributed by atoms with Crippen molar-refractivity contribution >= 4 is 50.7 Å². The number of carbonyl (C=O) groups excluding carboxylic acids is 2. The molecule has 1 atom stereocenters. The summed E-state index contributed by atoms with van der Waals surface area (Å²) in [5.74, 6) is -1.62. The van der Waals surface area contributed by atoms with Crippen LogP contribution in [0.5, 0.6) is 0 Å². The van der Waals surface area contributed by atoms with Gasteiger partial charge < -0.3 is 10.2 Å². The Bertz CT molecular complexity index is 1420. The van der Waals surface area contributed by atoms with Crippen LogP contribution in [-0.2, 0) is 26.2 Å². The minimum atomic E-state index is -4.28. The molecule has 39 heavy (non-hydrogen) atoms. The molecule has 0 saturated carbocycles. The van der Waals surface area contributed by atoms with Crippen molar-refractivity contribution in [2.24, 2.45) is 0 Å². The van der Waals surface area contributed by atoms with Crippen molar-refractivity contribution in [3.63, 3.8) is 0 Å². The van der Waals surface area contributed by atoms with Gasteiger partial charge in [-0.1, -0.05) is 53.9 Å². The largest absolute Gasteiger partial charge is 0.354 e. The van der Waals surface area contributed by atoms with Gasteiger partial charge in [0.1, 0.15) is 18.4 Å². The topological polar surface area (TPSA) is 86.8 Å². The van der Waals surface area contributed by atoms with Crippen LogP contribution in [-0.4, -0.2) is 44.3 Å². The molecule has 0 radical (unpaired) electrons. The maximum absolute atomic E-state index is 13.8. The number of rotatable bonds is 11. The molecule has 3 aromatic rings. The van der Waals surface area contributed by atoms with E-state index >= 15 is 0 Å². The fourth-order valence-electron chi connectivity index (χ4n) is 3.79. The van der Waals surface area contributed by atoms with Gasteiger partial charge in [-0.3, -0.25) is 13.9 Å². The molecule has 1 unspecified atom stereocenters. The van der Waals surface area contributed by atoms with Crippen molar-refractivity contribution in [3.8, 4) is 0 Å². The molecule has 0 aliphatic heterocycles. The van der Waals surface area contributed by atoms with Crippen LogP contribution in [0.15, 0.2) is 71.6 Å². The standard InChI is InChI=1S/C28H30Cl2FN3O4S/c1-4-15-32-28(36)20(3)33(17-21-7-8-22(29)16-26(21)30)27(35)18-34(24-11-5-19(2)6-12-24)39(37,38)25-13-9-23(31)10-14-25/h5-14,16,20H,4,15,17-18H2,1-3H3,(H,32,36). The second-order valence-corrected chi connectivity index (χ2v) is 11.7. The maximum atomic E-state index is 13.8. The van der Waals surface area contributed by atoms with Gasteiger partial charge in [0, 0.05) is 23.1 Å². The molecule has 7 nitrogen and oxygen atoms in total. The van der Waals surface area contributed by atoms with Gasteiger partial charge in [0.15, 0.2) is 0 Å². The van der Waals surface area contributed by atoms with Gasteiger partial charge in [-0.15, -0.1) is 0 Å². The number of aryl methyl sites for hydroxylation is 1. The number of sulfonamides is 1. The first-order chi connectivity index (χ1) is 18.4. The number of carbonyl (C=O) groups is 2. The summed E-state index contributed by atoms with van der Waals surface area (Å²) in [5.41, 5.74) is 1.67.